The zero-order chi connectivity index (χ0) is 13.0. The molecule has 0 spiro atoms. The minimum atomic E-state index is 0.272. The smallest absolute Gasteiger partial charge is 0.120 e. The summed E-state index contributed by atoms with van der Waals surface area (Å²) < 4.78 is 6.33. The maximum atomic E-state index is 9.76. The zero-order valence-electron chi connectivity index (χ0n) is 9.98. The predicted molar refractivity (Wildman–Crippen MR) is 81.1 cm³/mol. The molecule has 0 aliphatic heterocycles. The molecule has 0 atom stereocenters. The molecule has 2 aromatic carbocycles. The summed E-state index contributed by atoms with van der Waals surface area (Å²) in [4.78, 5) is 0. The van der Waals surface area contributed by atoms with Crippen LogP contribution in [0.1, 0.15) is 5.56 Å². The van der Waals surface area contributed by atoms with E-state index in [1.54, 1.807) is 19.2 Å². The minimum absolute atomic E-state index is 0.272. The number of methoxy groups -OCH3 is 1. The van der Waals surface area contributed by atoms with Gasteiger partial charge in [0.15, 0.2) is 0 Å². The van der Waals surface area contributed by atoms with Crippen LogP contribution >= 0.6 is 22.6 Å². The van der Waals surface area contributed by atoms with Gasteiger partial charge >= 0.3 is 0 Å². The second kappa shape index (κ2) is 5.95. The van der Waals surface area contributed by atoms with Crippen molar-refractivity contribution in [1.82, 2.24) is 0 Å². The Bertz CT molecular complexity index is 526. The molecular weight excluding hydrogens is 341 g/mol. The van der Waals surface area contributed by atoms with Crippen LogP contribution < -0.4 is 10.1 Å². The van der Waals surface area contributed by atoms with Crippen molar-refractivity contribution >= 4 is 28.3 Å². The van der Waals surface area contributed by atoms with E-state index in [4.69, 9.17) is 4.74 Å². The first-order chi connectivity index (χ1) is 8.69. The summed E-state index contributed by atoms with van der Waals surface area (Å²) in [6, 6.07) is 13.3. The van der Waals surface area contributed by atoms with Crippen molar-refractivity contribution in [2.45, 2.75) is 6.54 Å². The van der Waals surface area contributed by atoms with E-state index in [1.165, 1.54) is 3.57 Å². The Labute approximate surface area is 120 Å². The Morgan fingerprint density at radius 2 is 1.89 bits per heavy atom. The lowest BCUT2D eigenvalue weighted by Crippen LogP contribution is -2.00. The van der Waals surface area contributed by atoms with Crippen LogP contribution in [0.4, 0.5) is 5.69 Å². The van der Waals surface area contributed by atoms with Crippen LogP contribution in [0, 0.1) is 3.57 Å². The third-order valence-corrected chi connectivity index (χ3v) is 3.33. The summed E-state index contributed by atoms with van der Waals surface area (Å²) in [7, 11) is 1.61. The van der Waals surface area contributed by atoms with Crippen molar-refractivity contribution in [2.75, 3.05) is 12.4 Å². The van der Waals surface area contributed by atoms with Crippen molar-refractivity contribution in [3.63, 3.8) is 0 Å². The predicted octanol–water partition coefficient (Wildman–Crippen LogP) is 3.62. The number of rotatable bonds is 4. The van der Waals surface area contributed by atoms with E-state index in [-0.39, 0.29) is 5.75 Å². The molecule has 18 heavy (non-hydrogen) atoms. The second-order valence-electron chi connectivity index (χ2n) is 3.86. The Kier molecular flexibility index (Phi) is 4.30. The monoisotopic (exact) mass is 355 g/mol. The number of halogens is 1. The highest BCUT2D eigenvalue weighted by Crippen LogP contribution is 2.23. The fourth-order valence-corrected chi connectivity index (χ4v) is 1.96. The van der Waals surface area contributed by atoms with Gasteiger partial charge in [-0.25, -0.2) is 0 Å². The quantitative estimate of drug-likeness (QED) is 0.824. The summed E-state index contributed by atoms with van der Waals surface area (Å²) in [5, 5.41) is 13.0. The standard InChI is InChI=1S/C14H14INO2/c1-18-13-6-7-14(17)10(8-13)9-16-12-4-2-11(15)3-5-12/h2-8,16-17H,9H2,1H3. The van der Waals surface area contributed by atoms with E-state index >= 15 is 0 Å². The van der Waals surface area contributed by atoms with Crippen LogP contribution in [0.15, 0.2) is 42.5 Å². The van der Waals surface area contributed by atoms with Crippen LogP contribution in [0.2, 0.25) is 0 Å². The Morgan fingerprint density at radius 3 is 2.56 bits per heavy atom. The average molecular weight is 355 g/mol. The van der Waals surface area contributed by atoms with Gasteiger partial charge < -0.3 is 15.2 Å². The number of anilines is 1. The molecule has 0 saturated heterocycles. The normalized spacial score (nSPS) is 10.1. The lowest BCUT2D eigenvalue weighted by Gasteiger charge is -2.09. The first-order valence-electron chi connectivity index (χ1n) is 5.54. The fourth-order valence-electron chi connectivity index (χ4n) is 1.60. The molecule has 0 saturated carbocycles. The molecule has 0 radical (unpaired) electrons. The van der Waals surface area contributed by atoms with Crippen LogP contribution in [-0.2, 0) is 6.54 Å². The number of nitrogens with one attached hydrogen (secondary N) is 1. The fraction of sp³-hybridized carbons (Fsp3) is 0.143. The van der Waals surface area contributed by atoms with E-state index in [0.29, 0.717) is 6.54 Å². The van der Waals surface area contributed by atoms with Crippen molar-refractivity contribution < 1.29 is 9.84 Å². The van der Waals surface area contributed by atoms with Gasteiger partial charge in [0, 0.05) is 21.4 Å². The molecule has 2 N–H and O–H groups in total. The molecule has 2 rings (SSSR count). The topological polar surface area (TPSA) is 41.5 Å². The van der Waals surface area contributed by atoms with E-state index in [0.717, 1.165) is 17.0 Å². The molecule has 3 nitrogen and oxygen atoms in total. The van der Waals surface area contributed by atoms with Gasteiger partial charge in [-0.15, -0.1) is 0 Å². The molecule has 2 aromatic rings. The molecule has 4 heteroatoms. The van der Waals surface area contributed by atoms with Gasteiger partial charge in [-0.05, 0) is 65.1 Å². The molecular formula is C14H14INO2. The maximum Gasteiger partial charge on any atom is 0.120 e. The van der Waals surface area contributed by atoms with Crippen LogP contribution in [0.3, 0.4) is 0 Å². The number of hydrogen-bond acceptors (Lipinski definition) is 3. The van der Waals surface area contributed by atoms with E-state index in [9.17, 15) is 5.11 Å². The Balaban J connectivity index is 2.07. The maximum absolute atomic E-state index is 9.76. The van der Waals surface area contributed by atoms with E-state index < -0.39 is 0 Å². The van der Waals surface area contributed by atoms with Crippen LogP contribution in [0.5, 0.6) is 11.5 Å². The third-order valence-electron chi connectivity index (χ3n) is 2.61. The lowest BCUT2D eigenvalue weighted by molar-refractivity contribution is 0.411. The van der Waals surface area contributed by atoms with Crippen LogP contribution in [-0.4, -0.2) is 12.2 Å². The SMILES string of the molecule is COc1ccc(O)c(CNc2ccc(I)cc2)c1. The van der Waals surface area contributed by atoms with Gasteiger partial charge in [0.25, 0.3) is 0 Å². The van der Waals surface area contributed by atoms with Gasteiger partial charge in [0.2, 0.25) is 0 Å². The van der Waals surface area contributed by atoms with Gasteiger partial charge in [0.1, 0.15) is 11.5 Å². The third kappa shape index (κ3) is 3.29. The molecule has 0 aliphatic rings. The molecule has 94 valence electrons. The van der Waals surface area contributed by atoms with Crippen molar-refractivity contribution in [2.24, 2.45) is 0 Å². The van der Waals surface area contributed by atoms with E-state index in [1.807, 2.05) is 30.3 Å². The van der Waals surface area contributed by atoms with Crippen molar-refractivity contribution in [3.05, 3.63) is 51.6 Å². The van der Waals surface area contributed by atoms with Crippen molar-refractivity contribution in [1.29, 1.82) is 0 Å². The summed E-state index contributed by atoms with van der Waals surface area (Å²) in [6.45, 7) is 0.559. The number of aromatic hydroxyl groups is 1. The Morgan fingerprint density at radius 1 is 1.17 bits per heavy atom. The lowest BCUT2D eigenvalue weighted by atomic mass is 10.2. The number of benzene rings is 2. The molecule has 0 bridgehead atoms. The number of phenolic OH excluding ortho intramolecular Hbond substituents is 1. The first kappa shape index (κ1) is 13.0. The van der Waals surface area contributed by atoms with Gasteiger partial charge in [-0.3, -0.25) is 0 Å². The van der Waals surface area contributed by atoms with Gasteiger partial charge in [-0.2, -0.15) is 0 Å². The minimum Gasteiger partial charge on any atom is -0.508 e. The van der Waals surface area contributed by atoms with Crippen molar-refractivity contribution in [3.8, 4) is 11.5 Å². The molecule has 0 amide bonds. The largest absolute Gasteiger partial charge is 0.508 e. The molecule has 0 fully saturated rings. The summed E-state index contributed by atoms with van der Waals surface area (Å²) in [5.41, 5.74) is 1.84. The second-order valence-corrected chi connectivity index (χ2v) is 5.10. The molecule has 0 aliphatic carbocycles. The number of hydrogen-bond donors (Lipinski definition) is 2. The molecule has 0 heterocycles. The highest BCUT2D eigenvalue weighted by Gasteiger charge is 2.03. The summed E-state index contributed by atoms with van der Waals surface area (Å²) in [6.07, 6.45) is 0. The summed E-state index contributed by atoms with van der Waals surface area (Å²) in [5.74, 6) is 1.01. The first-order valence-corrected chi connectivity index (χ1v) is 6.62. The summed E-state index contributed by atoms with van der Waals surface area (Å²) >= 11 is 2.27. The van der Waals surface area contributed by atoms with Crippen LogP contribution in [0.25, 0.3) is 0 Å². The van der Waals surface area contributed by atoms with Gasteiger partial charge in [0.05, 0.1) is 7.11 Å². The Hall–Kier alpha value is -1.43. The molecule has 0 aromatic heterocycles. The highest BCUT2D eigenvalue weighted by molar-refractivity contribution is 14.1. The highest BCUT2D eigenvalue weighted by atomic mass is 127. The number of phenols is 1. The average Bonchev–Trinajstić information content (AvgIpc) is 2.40. The molecule has 0 unspecified atom stereocenters. The number of ether oxygens (including phenoxy) is 1. The van der Waals surface area contributed by atoms with E-state index in [2.05, 4.69) is 27.9 Å². The zero-order valence-corrected chi connectivity index (χ0v) is 12.1. The van der Waals surface area contributed by atoms with Gasteiger partial charge in [-0.1, -0.05) is 0 Å².